The summed E-state index contributed by atoms with van der Waals surface area (Å²) >= 11 is 0. The van der Waals surface area contributed by atoms with Crippen molar-refractivity contribution in [2.24, 2.45) is 0 Å². The number of hydrogen-bond donors (Lipinski definition) is 1. The van der Waals surface area contributed by atoms with Crippen LogP contribution in [-0.2, 0) is 21.1 Å². The van der Waals surface area contributed by atoms with Gasteiger partial charge in [0, 0.05) is 6.26 Å². The van der Waals surface area contributed by atoms with Gasteiger partial charge >= 0.3 is 5.97 Å². The molecular formula is C15H13FO4S. The van der Waals surface area contributed by atoms with Crippen molar-refractivity contribution in [2.75, 3.05) is 6.26 Å². The number of aliphatic carboxylic acids is 1. The fourth-order valence-electron chi connectivity index (χ4n) is 1.95. The van der Waals surface area contributed by atoms with E-state index in [0.29, 0.717) is 11.1 Å². The van der Waals surface area contributed by atoms with Gasteiger partial charge in [-0.15, -0.1) is 0 Å². The van der Waals surface area contributed by atoms with E-state index < -0.39 is 28.0 Å². The first-order valence-corrected chi connectivity index (χ1v) is 7.97. The Morgan fingerprint density at radius 1 is 1.10 bits per heavy atom. The minimum atomic E-state index is -3.27. The Labute approximate surface area is 121 Å². The number of carboxylic acid groups (broad SMARTS) is 1. The minimum Gasteiger partial charge on any atom is -0.481 e. The fraction of sp³-hybridized carbons (Fsp3) is 0.133. The Kier molecular flexibility index (Phi) is 4.09. The number of carboxylic acids is 1. The third-order valence-corrected chi connectivity index (χ3v) is 4.13. The Balaban J connectivity index is 2.40. The molecule has 0 aliphatic rings. The molecule has 0 aliphatic heterocycles. The number of carbonyl (C=O) groups is 1. The Morgan fingerprint density at radius 3 is 2.19 bits per heavy atom. The topological polar surface area (TPSA) is 71.4 Å². The van der Waals surface area contributed by atoms with Crippen LogP contribution in [0.3, 0.4) is 0 Å². The lowest BCUT2D eigenvalue weighted by Gasteiger charge is -2.06. The Morgan fingerprint density at radius 2 is 1.67 bits per heavy atom. The Bertz CT molecular complexity index is 780. The maximum Gasteiger partial charge on any atom is 0.307 e. The van der Waals surface area contributed by atoms with Gasteiger partial charge in [-0.3, -0.25) is 4.79 Å². The van der Waals surface area contributed by atoms with E-state index in [1.165, 1.54) is 30.3 Å². The summed E-state index contributed by atoms with van der Waals surface area (Å²) in [5.41, 5.74) is 1.41. The van der Waals surface area contributed by atoms with Gasteiger partial charge in [0.25, 0.3) is 0 Å². The summed E-state index contributed by atoms with van der Waals surface area (Å²) in [6, 6.07) is 10.3. The first-order chi connectivity index (χ1) is 9.77. The van der Waals surface area contributed by atoms with Crippen molar-refractivity contribution < 1.29 is 22.7 Å². The van der Waals surface area contributed by atoms with Crippen LogP contribution in [0.4, 0.5) is 4.39 Å². The highest BCUT2D eigenvalue weighted by Gasteiger charge is 2.10. The molecule has 21 heavy (non-hydrogen) atoms. The van der Waals surface area contributed by atoms with E-state index in [9.17, 15) is 17.6 Å². The minimum absolute atomic E-state index is 0.0900. The molecule has 6 heteroatoms. The zero-order valence-corrected chi connectivity index (χ0v) is 12.0. The van der Waals surface area contributed by atoms with Crippen molar-refractivity contribution in [1.82, 2.24) is 0 Å². The molecule has 2 rings (SSSR count). The second-order valence-corrected chi connectivity index (χ2v) is 6.69. The number of hydrogen-bond acceptors (Lipinski definition) is 3. The third-order valence-electron chi connectivity index (χ3n) is 3.00. The van der Waals surface area contributed by atoms with Gasteiger partial charge in [0.15, 0.2) is 9.84 Å². The second kappa shape index (κ2) is 5.65. The molecule has 4 nitrogen and oxygen atoms in total. The van der Waals surface area contributed by atoms with Crippen LogP contribution in [0.1, 0.15) is 5.56 Å². The highest BCUT2D eigenvalue weighted by molar-refractivity contribution is 7.90. The fourth-order valence-corrected chi connectivity index (χ4v) is 2.58. The van der Waals surface area contributed by atoms with Crippen LogP contribution in [0.5, 0.6) is 0 Å². The first-order valence-electron chi connectivity index (χ1n) is 6.08. The van der Waals surface area contributed by atoms with E-state index in [-0.39, 0.29) is 10.5 Å². The smallest absolute Gasteiger partial charge is 0.307 e. The normalized spacial score (nSPS) is 11.3. The molecule has 0 radical (unpaired) electrons. The molecule has 0 amide bonds. The van der Waals surface area contributed by atoms with Crippen LogP contribution >= 0.6 is 0 Å². The summed E-state index contributed by atoms with van der Waals surface area (Å²) in [6.45, 7) is 0. The molecule has 0 atom stereocenters. The lowest BCUT2D eigenvalue weighted by molar-refractivity contribution is -0.136. The van der Waals surface area contributed by atoms with Crippen molar-refractivity contribution in [1.29, 1.82) is 0 Å². The van der Waals surface area contributed by atoms with E-state index in [0.717, 1.165) is 6.26 Å². The zero-order valence-electron chi connectivity index (χ0n) is 11.2. The molecular weight excluding hydrogens is 295 g/mol. The van der Waals surface area contributed by atoms with Crippen LogP contribution in [0, 0.1) is 5.82 Å². The molecule has 0 saturated heterocycles. The highest BCUT2D eigenvalue weighted by atomic mass is 32.2. The van der Waals surface area contributed by atoms with Gasteiger partial charge in [0.2, 0.25) is 0 Å². The second-order valence-electron chi connectivity index (χ2n) is 4.67. The van der Waals surface area contributed by atoms with Gasteiger partial charge in [0.05, 0.1) is 11.3 Å². The summed E-state index contributed by atoms with van der Waals surface area (Å²) in [4.78, 5) is 10.9. The lowest BCUT2D eigenvalue weighted by atomic mass is 10.0. The summed E-state index contributed by atoms with van der Waals surface area (Å²) in [5.74, 6) is -1.69. The lowest BCUT2D eigenvalue weighted by Crippen LogP contribution is -2.02. The summed E-state index contributed by atoms with van der Waals surface area (Å²) in [5, 5.41) is 8.75. The molecule has 0 heterocycles. The van der Waals surface area contributed by atoms with Crippen molar-refractivity contribution in [2.45, 2.75) is 11.3 Å². The molecule has 2 aromatic rings. The molecule has 2 aromatic carbocycles. The average Bonchev–Trinajstić information content (AvgIpc) is 2.40. The van der Waals surface area contributed by atoms with E-state index in [1.807, 2.05) is 0 Å². The van der Waals surface area contributed by atoms with Gasteiger partial charge in [-0.2, -0.15) is 0 Å². The number of halogens is 1. The molecule has 0 saturated carbocycles. The first kappa shape index (κ1) is 15.2. The van der Waals surface area contributed by atoms with Gasteiger partial charge in [-0.25, -0.2) is 12.8 Å². The summed E-state index contributed by atoms with van der Waals surface area (Å²) < 4.78 is 36.3. The maximum atomic E-state index is 13.5. The molecule has 1 N–H and O–H groups in total. The van der Waals surface area contributed by atoms with Crippen molar-refractivity contribution in [3.63, 3.8) is 0 Å². The van der Waals surface area contributed by atoms with Gasteiger partial charge in [0.1, 0.15) is 5.82 Å². The van der Waals surface area contributed by atoms with Gasteiger partial charge in [-0.1, -0.05) is 18.2 Å². The molecule has 0 aromatic heterocycles. The average molecular weight is 308 g/mol. The van der Waals surface area contributed by atoms with Gasteiger partial charge in [-0.05, 0) is 41.0 Å². The van der Waals surface area contributed by atoms with Gasteiger partial charge < -0.3 is 5.11 Å². The van der Waals surface area contributed by atoms with E-state index in [4.69, 9.17) is 5.11 Å². The number of sulfone groups is 1. The van der Waals surface area contributed by atoms with E-state index >= 15 is 0 Å². The summed E-state index contributed by atoms with van der Waals surface area (Å²) in [7, 11) is -3.27. The van der Waals surface area contributed by atoms with Crippen LogP contribution in [0.25, 0.3) is 11.1 Å². The molecule has 0 bridgehead atoms. The number of rotatable bonds is 4. The van der Waals surface area contributed by atoms with Crippen LogP contribution in [0.2, 0.25) is 0 Å². The SMILES string of the molecule is CS(=O)(=O)c1ccc(-c2ccc(F)c(CC(=O)O)c2)cc1. The van der Waals surface area contributed by atoms with E-state index in [1.54, 1.807) is 12.1 Å². The third kappa shape index (κ3) is 3.66. The monoisotopic (exact) mass is 308 g/mol. The van der Waals surface area contributed by atoms with Crippen molar-refractivity contribution in [3.8, 4) is 11.1 Å². The van der Waals surface area contributed by atoms with Crippen molar-refractivity contribution in [3.05, 3.63) is 53.8 Å². The largest absolute Gasteiger partial charge is 0.481 e. The highest BCUT2D eigenvalue weighted by Crippen LogP contribution is 2.24. The maximum absolute atomic E-state index is 13.5. The predicted octanol–water partition coefficient (Wildman–Crippen LogP) is 2.52. The Hall–Kier alpha value is -2.21. The van der Waals surface area contributed by atoms with Crippen LogP contribution in [0.15, 0.2) is 47.4 Å². The quantitative estimate of drug-likeness (QED) is 0.942. The van der Waals surface area contributed by atoms with Crippen LogP contribution < -0.4 is 0 Å². The molecule has 110 valence electrons. The summed E-state index contributed by atoms with van der Waals surface area (Å²) in [6.07, 6.45) is 0.714. The van der Waals surface area contributed by atoms with E-state index in [2.05, 4.69) is 0 Å². The zero-order chi connectivity index (χ0) is 15.6. The van der Waals surface area contributed by atoms with Crippen molar-refractivity contribution >= 4 is 15.8 Å². The molecule has 0 unspecified atom stereocenters. The molecule has 0 spiro atoms. The molecule has 0 fully saturated rings. The van der Waals surface area contributed by atoms with Crippen LogP contribution in [-0.4, -0.2) is 25.7 Å². The standard InChI is InChI=1S/C15H13FO4S/c1-21(19,20)13-5-2-10(3-6-13)11-4-7-14(16)12(8-11)9-15(17)18/h2-8H,9H2,1H3,(H,17,18). The number of benzene rings is 2. The predicted molar refractivity (Wildman–Crippen MR) is 76.3 cm³/mol. The molecule has 0 aliphatic carbocycles.